The zero-order valence-electron chi connectivity index (χ0n) is 10.6. The van der Waals surface area contributed by atoms with E-state index in [0.717, 1.165) is 17.4 Å². The van der Waals surface area contributed by atoms with Gasteiger partial charge in [0, 0.05) is 23.1 Å². The molecule has 0 spiro atoms. The summed E-state index contributed by atoms with van der Waals surface area (Å²) in [6, 6.07) is 9.97. The molecule has 1 aliphatic heterocycles. The van der Waals surface area contributed by atoms with Gasteiger partial charge >= 0.3 is 0 Å². The Morgan fingerprint density at radius 3 is 2.71 bits per heavy atom. The normalized spacial score (nSPS) is 22.0. The summed E-state index contributed by atoms with van der Waals surface area (Å²) in [5.41, 5.74) is 1.42. The van der Waals surface area contributed by atoms with Crippen LogP contribution in [0.25, 0.3) is 0 Å². The van der Waals surface area contributed by atoms with Gasteiger partial charge < -0.3 is 5.32 Å². The maximum Gasteiger partial charge on any atom is 0.0232 e. The van der Waals surface area contributed by atoms with E-state index < -0.39 is 0 Å². The smallest absolute Gasteiger partial charge is 0.0232 e. The summed E-state index contributed by atoms with van der Waals surface area (Å²) in [6.45, 7) is 4.63. The molecule has 2 nitrogen and oxygen atoms in total. The summed E-state index contributed by atoms with van der Waals surface area (Å²) in [5, 5.41) is 3.43. The zero-order valence-corrected chi connectivity index (χ0v) is 12.2. The van der Waals surface area contributed by atoms with E-state index in [1.54, 1.807) is 0 Å². The third kappa shape index (κ3) is 3.54. The lowest BCUT2D eigenvalue weighted by atomic mass is 10.0. The second kappa shape index (κ2) is 5.98. The van der Waals surface area contributed by atoms with Gasteiger partial charge in [-0.2, -0.15) is 0 Å². The SMILES string of the molecule is CC(Cc1ccc(Br)cc1)N(C)C1CCNC1. The predicted octanol–water partition coefficient (Wildman–Crippen LogP) is 2.67. The molecule has 2 unspecified atom stereocenters. The summed E-state index contributed by atoms with van der Waals surface area (Å²) < 4.78 is 1.15. The predicted molar refractivity (Wildman–Crippen MR) is 76.3 cm³/mol. The molecular weight excluding hydrogens is 276 g/mol. The van der Waals surface area contributed by atoms with Crippen LogP contribution in [-0.2, 0) is 6.42 Å². The topological polar surface area (TPSA) is 15.3 Å². The fourth-order valence-corrected chi connectivity index (χ4v) is 2.72. The highest BCUT2D eigenvalue weighted by Gasteiger charge is 2.22. The molecule has 1 heterocycles. The van der Waals surface area contributed by atoms with Crippen molar-refractivity contribution in [3.63, 3.8) is 0 Å². The molecule has 0 aromatic heterocycles. The lowest BCUT2D eigenvalue weighted by Gasteiger charge is -2.30. The fraction of sp³-hybridized carbons (Fsp3) is 0.571. The first kappa shape index (κ1) is 13.1. The van der Waals surface area contributed by atoms with Crippen LogP contribution >= 0.6 is 15.9 Å². The van der Waals surface area contributed by atoms with Crippen LogP contribution in [0.5, 0.6) is 0 Å². The number of halogens is 1. The Kier molecular flexibility index (Phi) is 4.60. The second-order valence-corrected chi connectivity index (χ2v) is 5.91. The van der Waals surface area contributed by atoms with Gasteiger partial charge in [-0.05, 0) is 51.1 Å². The molecule has 1 aliphatic rings. The average molecular weight is 297 g/mol. The minimum absolute atomic E-state index is 0.598. The van der Waals surface area contributed by atoms with Crippen molar-refractivity contribution in [2.75, 3.05) is 20.1 Å². The van der Waals surface area contributed by atoms with E-state index in [4.69, 9.17) is 0 Å². The van der Waals surface area contributed by atoms with Crippen molar-refractivity contribution < 1.29 is 0 Å². The number of hydrogen-bond donors (Lipinski definition) is 1. The quantitative estimate of drug-likeness (QED) is 0.919. The van der Waals surface area contributed by atoms with Crippen LogP contribution < -0.4 is 5.32 Å². The number of nitrogens with zero attached hydrogens (tertiary/aromatic N) is 1. The fourth-order valence-electron chi connectivity index (χ4n) is 2.45. The standard InChI is InChI=1S/C14H21BrN2/c1-11(17(2)14-7-8-16-10-14)9-12-3-5-13(15)6-4-12/h3-6,11,14,16H,7-10H2,1-2H3. The van der Waals surface area contributed by atoms with Crippen LogP contribution in [0.1, 0.15) is 18.9 Å². The van der Waals surface area contributed by atoms with Gasteiger partial charge in [0.25, 0.3) is 0 Å². The zero-order chi connectivity index (χ0) is 12.3. The van der Waals surface area contributed by atoms with Gasteiger partial charge in [0.1, 0.15) is 0 Å². The van der Waals surface area contributed by atoms with Crippen molar-refractivity contribution in [3.05, 3.63) is 34.3 Å². The summed E-state index contributed by atoms with van der Waals surface area (Å²) >= 11 is 3.48. The second-order valence-electron chi connectivity index (χ2n) is 4.99. The number of benzene rings is 1. The van der Waals surface area contributed by atoms with Crippen LogP contribution in [0, 0.1) is 0 Å². The monoisotopic (exact) mass is 296 g/mol. The molecule has 94 valence electrons. The van der Waals surface area contributed by atoms with Crippen molar-refractivity contribution in [3.8, 4) is 0 Å². The Morgan fingerprint density at radius 1 is 1.41 bits per heavy atom. The highest BCUT2D eigenvalue weighted by atomic mass is 79.9. The third-order valence-corrected chi connectivity index (χ3v) is 4.28. The number of rotatable bonds is 4. The van der Waals surface area contributed by atoms with Crippen molar-refractivity contribution in [1.29, 1.82) is 0 Å². The van der Waals surface area contributed by atoms with E-state index in [-0.39, 0.29) is 0 Å². The molecule has 0 saturated carbocycles. The maximum atomic E-state index is 3.48. The molecular formula is C14H21BrN2. The molecule has 1 aromatic rings. The molecule has 0 aliphatic carbocycles. The van der Waals surface area contributed by atoms with E-state index in [0.29, 0.717) is 12.1 Å². The van der Waals surface area contributed by atoms with Crippen LogP contribution in [-0.4, -0.2) is 37.1 Å². The van der Waals surface area contributed by atoms with Gasteiger partial charge in [0.05, 0.1) is 0 Å². The molecule has 1 aromatic carbocycles. The average Bonchev–Trinajstić information content (AvgIpc) is 2.84. The highest BCUT2D eigenvalue weighted by molar-refractivity contribution is 9.10. The lowest BCUT2D eigenvalue weighted by Crippen LogP contribution is -2.40. The molecule has 2 atom stereocenters. The number of likely N-dealkylation sites (N-methyl/N-ethyl adjacent to an activating group) is 1. The molecule has 2 rings (SSSR count). The first-order valence-electron chi connectivity index (χ1n) is 6.34. The van der Waals surface area contributed by atoms with Gasteiger partial charge in [-0.3, -0.25) is 4.90 Å². The summed E-state index contributed by atoms with van der Waals surface area (Å²) in [5.74, 6) is 0. The Balaban J connectivity index is 1.91. The first-order chi connectivity index (χ1) is 8.16. The summed E-state index contributed by atoms with van der Waals surface area (Å²) in [7, 11) is 2.25. The van der Waals surface area contributed by atoms with Crippen LogP contribution in [0.3, 0.4) is 0 Å². The molecule has 1 N–H and O–H groups in total. The minimum atomic E-state index is 0.598. The third-order valence-electron chi connectivity index (χ3n) is 3.75. The minimum Gasteiger partial charge on any atom is -0.315 e. The molecule has 1 fully saturated rings. The first-order valence-corrected chi connectivity index (χ1v) is 7.13. The maximum absolute atomic E-state index is 3.48. The highest BCUT2D eigenvalue weighted by Crippen LogP contribution is 2.16. The summed E-state index contributed by atoms with van der Waals surface area (Å²) in [6.07, 6.45) is 2.40. The summed E-state index contributed by atoms with van der Waals surface area (Å²) in [4.78, 5) is 2.52. The van der Waals surface area contributed by atoms with E-state index in [1.165, 1.54) is 18.5 Å². The van der Waals surface area contributed by atoms with Crippen LogP contribution in [0.15, 0.2) is 28.7 Å². The van der Waals surface area contributed by atoms with Gasteiger partial charge in [-0.15, -0.1) is 0 Å². The van der Waals surface area contributed by atoms with Gasteiger partial charge in [-0.25, -0.2) is 0 Å². The molecule has 0 radical (unpaired) electrons. The number of hydrogen-bond acceptors (Lipinski definition) is 2. The Morgan fingerprint density at radius 2 is 2.12 bits per heavy atom. The van der Waals surface area contributed by atoms with Crippen molar-refractivity contribution >= 4 is 15.9 Å². The lowest BCUT2D eigenvalue weighted by molar-refractivity contribution is 0.194. The molecule has 0 amide bonds. The van der Waals surface area contributed by atoms with Gasteiger partial charge in [0.15, 0.2) is 0 Å². The molecule has 1 saturated heterocycles. The number of nitrogens with one attached hydrogen (secondary N) is 1. The largest absolute Gasteiger partial charge is 0.315 e. The molecule has 0 bridgehead atoms. The Hall–Kier alpha value is -0.380. The Labute approximate surface area is 113 Å². The van der Waals surface area contributed by atoms with E-state index in [1.807, 2.05) is 0 Å². The van der Waals surface area contributed by atoms with E-state index >= 15 is 0 Å². The van der Waals surface area contributed by atoms with Gasteiger partial charge in [0.2, 0.25) is 0 Å². The molecule has 17 heavy (non-hydrogen) atoms. The van der Waals surface area contributed by atoms with Crippen molar-refractivity contribution in [1.82, 2.24) is 10.2 Å². The molecule has 3 heteroatoms. The van der Waals surface area contributed by atoms with Crippen molar-refractivity contribution in [2.24, 2.45) is 0 Å². The van der Waals surface area contributed by atoms with Crippen LogP contribution in [0.4, 0.5) is 0 Å². The van der Waals surface area contributed by atoms with E-state index in [9.17, 15) is 0 Å². The van der Waals surface area contributed by atoms with Gasteiger partial charge in [-0.1, -0.05) is 28.1 Å². The Bertz CT molecular complexity index is 344. The van der Waals surface area contributed by atoms with Crippen molar-refractivity contribution in [2.45, 2.75) is 31.8 Å². The van der Waals surface area contributed by atoms with E-state index in [2.05, 4.69) is 64.4 Å². The van der Waals surface area contributed by atoms with Crippen LogP contribution in [0.2, 0.25) is 0 Å².